The minimum Gasteiger partial charge on any atom is -0.389 e. The SMILES string of the molecule is CC(C)CC(=O)NCCC(=O)N1NCCCC1C(=O)NC(C(=O)CO)C(C)C. The molecule has 1 heterocycles. The molecule has 2 atom stereocenters. The largest absolute Gasteiger partial charge is 0.389 e. The Kier molecular flexibility index (Phi) is 10.1. The van der Waals surface area contributed by atoms with Gasteiger partial charge in [-0.3, -0.25) is 24.2 Å². The summed E-state index contributed by atoms with van der Waals surface area (Å²) in [4.78, 5) is 48.8. The molecule has 9 nitrogen and oxygen atoms in total. The lowest BCUT2D eigenvalue weighted by Crippen LogP contribution is -2.61. The van der Waals surface area contributed by atoms with E-state index in [1.165, 1.54) is 5.01 Å². The molecule has 0 aromatic heterocycles. The van der Waals surface area contributed by atoms with Crippen LogP contribution in [0.5, 0.6) is 0 Å². The molecule has 0 saturated carbocycles. The van der Waals surface area contributed by atoms with Gasteiger partial charge in [0.25, 0.3) is 0 Å². The fourth-order valence-electron chi connectivity index (χ4n) is 3.08. The van der Waals surface area contributed by atoms with Crippen LogP contribution in [0.15, 0.2) is 0 Å². The first-order valence-corrected chi connectivity index (χ1v) is 9.93. The zero-order valence-electron chi connectivity index (χ0n) is 17.3. The van der Waals surface area contributed by atoms with Crippen molar-refractivity contribution >= 4 is 23.5 Å². The number of rotatable bonds is 10. The van der Waals surface area contributed by atoms with Crippen LogP contribution in [0.4, 0.5) is 0 Å². The molecule has 4 N–H and O–H groups in total. The maximum Gasteiger partial charge on any atom is 0.245 e. The number of hydrazine groups is 1. The number of aliphatic hydroxyl groups excluding tert-OH is 1. The molecular formula is C19H34N4O5. The molecule has 1 saturated heterocycles. The van der Waals surface area contributed by atoms with E-state index in [2.05, 4.69) is 16.1 Å². The Balaban J connectivity index is 2.66. The fourth-order valence-corrected chi connectivity index (χ4v) is 3.08. The molecule has 0 aromatic carbocycles. The molecular weight excluding hydrogens is 364 g/mol. The Hall–Kier alpha value is -2.00. The van der Waals surface area contributed by atoms with E-state index in [0.717, 1.165) is 0 Å². The molecule has 2 unspecified atom stereocenters. The van der Waals surface area contributed by atoms with Crippen molar-refractivity contribution < 1.29 is 24.3 Å². The van der Waals surface area contributed by atoms with E-state index >= 15 is 0 Å². The van der Waals surface area contributed by atoms with Gasteiger partial charge in [0.2, 0.25) is 17.7 Å². The van der Waals surface area contributed by atoms with Gasteiger partial charge in [0.1, 0.15) is 12.6 Å². The average Bonchev–Trinajstić information content (AvgIpc) is 2.64. The summed E-state index contributed by atoms with van der Waals surface area (Å²) in [6.07, 6.45) is 1.66. The second-order valence-electron chi connectivity index (χ2n) is 7.88. The quantitative estimate of drug-likeness (QED) is 0.401. The zero-order valence-corrected chi connectivity index (χ0v) is 17.3. The smallest absolute Gasteiger partial charge is 0.245 e. The molecule has 1 fully saturated rings. The first kappa shape index (κ1) is 24.0. The van der Waals surface area contributed by atoms with Crippen LogP contribution >= 0.6 is 0 Å². The summed E-state index contributed by atoms with van der Waals surface area (Å²) in [5.74, 6) is -1.23. The molecule has 1 rings (SSSR count). The van der Waals surface area contributed by atoms with Gasteiger partial charge in [-0.2, -0.15) is 0 Å². The third kappa shape index (κ3) is 7.55. The van der Waals surface area contributed by atoms with Crippen molar-refractivity contribution in [2.75, 3.05) is 19.7 Å². The fraction of sp³-hybridized carbons (Fsp3) is 0.789. The van der Waals surface area contributed by atoms with Gasteiger partial charge in [-0.1, -0.05) is 27.7 Å². The predicted molar refractivity (Wildman–Crippen MR) is 104 cm³/mol. The van der Waals surface area contributed by atoms with E-state index in [0.29, 0.717) is 25.8 Å². The molecule has 28 heavy (non-hydrogen) atoms. The van der Waals surface area contributed by atoms with Crippen molar-refractivity contribution in [3.8, 4) is 0 Å². The Morgan fingerprint density at radius 3 is 2.43 bits per heavy atom. The maximum atomic E-state index is 12.7. The van der Waals surface area contributed by atoms with Crippen molar-refractivity contribution in [1.82, 2.24) is 21.1 Å². The van der Waals surface area contributed by atoms with Crippen molar-refractivity contribution in [3.05, 3.63) is 0 Å². The number of hydrogen-bond donors (Lipinski definition) is 4. The van der Waals surface area contributed by atoms with Crippen molar-refractivity contribution in [2.45, 2.75) is 65.5 Å². The summed E-state index contributed by atoms with van der Waals surface area (Å²) < 4.78 is 0. The first-order valence-electron chi connectivity index (χ1n) is 9.93. The van der Waals surface area contributed by atoms with Gasteiger partial charge >= 0.3 is 0 Å². The standard InChI is InChI=1S/C19H34N4O5/c1-12(2)10-16(26)20-9-7-17(27)23-14(6-5-8-21-23)19(28)22-18(13(3)4)15(25)11-24/h12-14,18,21,24H,5-11H2,1-4H3,(H,20,26)(H,22,28). The van der Waals surface area contributed by atoms with Crippen LogP contribution in [0, 0.1) is 11.8 Å². The number of carbonyl (C=O) groups is 4. The number of nitrogens with zero attached hydrogens (tertiary/aromatic N) is 1. The highest BCUT2D eigenvalue weighted by atomic mass is 16.3. The van der Waals surface area contributed by atoms with Crippen molar-refractivity contribution in [3.63, 3.8) is 0 Å². The highest BCUT2D eigenvalue weighted by molar-refractivity contribution is 5.93. The summed E-state index contributed by atoms with van der Waals surface area (Å²) >= 11 is 0. The zero-order chi connectivity index (χ0) is 21.3. The van der Waals surface area contributed by atoms with Gasteiger partial charge < -0.3 is 15.7 Å². The number of ketones is 1. The van der Waals surface area contributed by atoms with Gasteiger partial charge in [-0.05, 0) is 24.7 Å². The van der Waals surface area contributed by atoms with Crippen LogP contribution in [-0.2, 0) is 19.2 Å². The minimum absolute atomic E-state index is 0.0732. The molecule has 0 spiro atoms. The third-order valence-electron chi connectivity index (χ3n) is 4.54. The second kappa shape index (κ2) is 11.8. The average molecular weight is 399 g/mol. The lowest BCUT2D eigenvalue weighted by Gasteiger charge is -2.36. The molecule has 160 valence electrons. The van der Waals surface area contributed by atoms with E-state index in [1.54, 1.807) is 13.8 Å². The lowest BCUT2D eigenvalue weighted by atomic mass is 9.98. The molecule has 0 bridgehead atoms. The summed E-state index contributed by atoms with van der Waals surface area (Å²) in [6, 6.07) is -1.54. The van der Waals surface area contributed by atoms with E-state index in [9.17, 15) is 19.2 Å². The van der Waals surface area contributed by atoms with Crippen LogP contribution in [0.3, 0.4) is 0 Å². The van der Waals surface area contributed by atoms with Gasteiger partial charge in [-0.25, -0.2) is 5.43 Å². The van der Waals surface area contributed by atoms with Crippen LogP contribution in [0.2, 0.25) is 0 Å². The highest BCUT2D eigenvalue weighted by Crippen LogP contribution is 2.13. The molecule has 0 aromatic rings. The van der Waals surface area contributed by atoms with E-state index in [1.807, 2.05) is 13.8 Å². The minimum atomic E-state index is -0.799. The number of hydrogen-bond acceptors (Lipinski definition) is 6. The Labute approximate surface area is 166 Å². The summed E-state index contributed by atoms with van der Waals surface area (Å²) in [7, 11) is 0. The molecule has 1 aliphatic heterocycles. The molecule has 1 aliphatic rings. The number of Topliss-reactive ketones (excluding diaryl/α,β-unsaturated/α-hetero) is 1. The van der Waals surface area contributed by atoms with Crippen LogP contribution in [-0.4, -0.2) is 65.4 Å². The van der Waals surface area contributed by atoms with Gasteiger partial charge in [-0.15, -0.1) is 0 Å². The number of carbonyl (C=O) groups excluding carboxylic acids is 4. The highest BCUT2D eigenvalue weighted by Gasteiger charge is 2.34. The Bertz CT molecular complexity index is 565. The maximum absolute atomic E-state index is 12.7. The normalized spacial score (nSPS) is 18.1. The van der Waals surface area contributed by atoms with Crippen LogP contribution in [0.1, 0.15) is 53.4 Å². The lowest BCUT2D eigenvalue weighted by molar-refractivity contribution is -0.147. The molecule has 0 aliphatic carbocycles. The summed E-state index contributed by atoms with van der Waals surface area (Å²) in [5, 5.41) is 15.8. The van der Waals surface area contributed by atoms with E-state index in [4.69, 9.17) is 5.11 Å². The van der Waals surface area contributed by atoms with Gasteiger partial charge in [0, 0.05) is 25.9 Å². The topological polar surface area (TPSA) is 128 Å². The Morgan fingerprint density at radius 2 is 1.86 bits per heavy atom. The summed E-state index contributed by atoms with van der Waals surface area (Å²) in [5.41, 5.74) is 2.94. The van der Waals surface area contributed by atoms with Crippen LogP contribution in [0.25, 0.3) is 0 Å². The number of nitrogens with one attached hydrogen (secondary N) is 3. The van der Waals surface area contributed by atoms with E-state index in [-0.39, 0.29) is 36.6 Å². The molecule has 3 amide bonds. The van der Waals surface area contributed by atoms with Gasteiger partial charge in [0.05, 0.1) is 6.04 Å². The molecule has 9 heteroatoms. The first-order chi connectivity index (χ1) is 13.2. The monoisotopic (exact) mass is 398 g/mol. The van der Waals surface area contributed by atoms with Crippen molar-refractivity contribution in [1.29, 1.82) is 0 Å². The second-order valence-corrected chi connectivity index (χ2v) is 7.88. The Morgan fingerprint density at radius 1 is 1.18 bits per heavy atom. The summed E-state index contributed by atoms with van der Waals surface area (Å²) in [6.45, 7) is 7.56. The predicted octanol–water partition coefficient (Wildman–Crippen LogP) is -0.263. The molecule has 0 radical (unpaired) electrons. The van der Waals surface area contributed by atoms with E-state index < -0.39 is 30.4 Å². The van der Waals surface area contributed by atoms with Gasteiger partial charge in [0.15, 0.2) is 5.78 Å². The van der Waals surface area contributed by atoms with Crippen LogP contribution < -0.4 is 16.1 Å². The third-order valence-corrected chi connectivity index (χ3v) is 4.54. The number of amides is 3. The van der Waals surface area contributed by atoms with Crippen molar-refractivity contribution in [2.24, 2.45) is 11.8 Å². The number of aliphatic hydroxyl groups is 1.